The highest BCUT2D eigenvalue weighted by Gasteiger charge is 2.50. The molecule has 0 unspecified atom stereocenters. The van der Waals surface area contributed by atoms with Crippen molar-refractivity contribution in [2.75, 3.05) is 20.3 Å². The summed E-state index contributed by atoms with van der Waals surface area (Å²) < 4.78 is 23.3. The van der Waals surface area contributed by atoms with Gasteiger partial charge in [0.05, 0.1) is 25.6 Å². The van der Waals surface area contributed by atoms with E-state index >= 15 is 0 Å². The highest BCUT2D eigenvalue weighted by molar-refractivity contribution is 5.75. The number of esters is 1. The second-order valence-electron chi connectivity index (χ2n) is 7.25. The topological polar surface area (TPSA) is 42.7 Å². The summed E-state index contributed by atoms with van der Waals surface area (Å²) in [6, 6.07) is 10.7. The van der Waals surface area contributed by atoms with E-state index < -0.39 is 0 Å². The Balaban J connectivity index is 1.63. The predicted molar refractivity (Wildman–Crippen MR) is 96.5 cm³/mol. The van der Waals surface area contributed by atoms with E-state index in [9.17, 15) is 9.18 Å². The number of alkyl halides is 1. The van der Waals surface area contributed by atoms with Gasteiger partial charge in [0.2, 0.25) is 0 Å². The third-order valence-corrected chi connectivity index (χ3v) is 6.07. The van der Waals surface area contributed by atoms with E-state index in [1.54, 1.807) is 12.5 Å². The molecule has 2 fully saturated rings. The zero-order valence-corrected chi connectivity index (χ0v) is 14.9. The van der Waals surface area contributed by atoms with Crippen LogP contribution in [0.3, 0.4) is 0 Å². The summed E-state index contributed by atoms with van der Waals surface area (Å²) in [5.41, 5.74) is 3.29. The van der Waals surface area contributed by atoms with Gasteiger partial charge in [0.1, 0.15) is 6.67 Å². The standard InChI is InChI=1S/C21H24FNO3/c1-25-21(24)20-18(12-17-6-7-19(20)23(17)10-9-22)15-4-2-14(3-5-15)16-8-11-26-13-16/h2-5,8,11,13,17-20H,6-7,9-10,12H2,1H3/t17-,18+,19+,20-/m0/s1/i22-1. The van der Waals surface area contributed by atoms with Crippen molar-refractivity contribution >= 4 is 5.97 Å². The first-order valence-corrected chi connectivity index (χ1v) is 9.25. The number of halogens is 1. The molecule has 4 nitrogen and oxygen atoms in total. The van der Waals surface area contributed by atoms with Gasteiger partial charge in [-0.05, 0) is 36.5 Å². The number of furan rings is 1. The van der Waals surface area contributed by atoms with Crippen molar-refractivity contribution in [1.82, 2.24) is 4.90 Å². The van der Waals surface area contributed by atoms with E-state index in [2.05, 4.69) is 29.2 Å². The molecule has 4 atom stereocenters. The van der Waals surface area contributed by atoms with Crippen LogP contribution in [-0.2, 0) is 9.53 Å². The van der Waals surface area contributed by atoms with Crippen LogP contribution in [0.5, 0.6) is 0 Å². The Morgan fingerprint density at radius 1 is 1.23 bits per heavy atom. The van der Waals surface area contributed by atoms with Gasteiger partial charge in [-0.2, -0.15) is 0 Å². The molecule has 1 aromatic heterocycles. The number of hydrogen-bond acceptors (Lipinski definition) is 4. The monoisotopic (exact) mass is 356 g/mol. The van der Waals surface area contributed by atoms with E-state index in [1.165, 1.54) is 7.11 Å². The Morgan fingerprint density at radius 3 is 2.69 bits per heavy atom. The lowest BCUT2D eigenvalue weighted by Gasteiger charge is -2.43. The van der Waals surface area contributed by atoms with Crippen molar-refractivity contribution < 1.29 is 18.3 Å². The Kier molecular flexibility index (Phi) is 4.81. The van der Waals surface area contributed by atoms with Gasteiger partial charge in [-0.1, -0.05) is 24.3 Å². The molecule has 138 valence electrons. The number of benzene rings is 1. The van der Waals surface area contributed by atoms with Gasteiger partial charge in [-0.25, -0.2) is 4.39 Å². The van der Waals surface area contributed by atoms with Gasteiger partial charge >= 0.3 is 5.97 Å². The largest absolute Gasteiger partial charge is 0.472 e. The first-order chi connectivity index (χ1) is 12.7. The Hall–Kier alpha value is -2.14. The number of rotatable bonds is 5. The van der Waals surface area contributed by atoms with Crippen LogP contribution in [0.25, 0.3) is 11.1 Å². The van der Waals surface area contributed by atoms with E-state index in [0.29, 0.717) is 12.6 Å². The van der Waals surface area contributed by atoms with Gasteiger partial charge in [0.25, 0.3) is 0 Å². The molecular weight excluding hydrogens is 332 g/mol. The van der Waals surface area contributed by atoms with E-state index in [4.69, 9.17) is 9.15 Å². The molecule has 2 aliphatic rings. The van der Waals surface area contributed by atoms with Crippen LogP contribution < -0.4 is 0 Å². The van der Waals surface area contributed by atoms with Crippen LogP contribution in [0.2, 0.25) is 0 Å². The molecule has 4 rings (SSSR count). The van der Waals surface area contributed by atoms with Crippen molar-refractivity contribution in [3.8, 4) is 11.1 Å². The number of carbonyl (C=O) groups excluding carboxylic acids is 1. The van der Waals surface area contributed by atoms with E-state index in [0.717, 1.165) is 36.0 Å². The van der Waals surface area contributed by atoms with Gasteiger partial charge in [0.15, 0.2) is 0 Å². The summed E-state index contributed by atoms with van der Waals surface area (Å²) in [5.74, 6) is -0.289. The van der Waals surface area contributed by atoms with Crippen LogP contribution in [0, 0.1) is 5.92 Å². The van der Waals surface area contributed by atoms with Crippen molar-refractivity contribution in [3.05, 3.63) is 48.4 Å². The lowest BCUT2D eigenvalue weighted by atomic mass is 9.75. The Morgan fingerprint density at radius 2 is 2.04 bits per heavy atom. The average Bonchev–Trinajstić information content (AvgIpc) is 3.29. The minimum atomic E-state index is -0.370. The summed E-state index contributed by atoms with van der Waals surface area (Å²) in [6.07, 6.45) is 6.23. The summed E-state index contributed by atoms with van der Waals surface area (Å²) in [6.45, 7) is 0.0416. The van der Waals surface area contributed by atoms with Crippen LogP contribution >= 0.6 is 0 Å². The smallest absolute Gasteiger partial charge is 0.310 e. The zero-order valence-electron chi connectivity index (χ0n) is 14.9. The molecule has 3 heterocycles. The molecule has 26 heavy (non-hydrogen) atoms. The first-order valence-electron chi connectivity index (χ1n) is 9.25. The van der Waals surface area contributed by atoms with Gasteiger partial charge in [-0.3, -0.25) is 9.69 Å². The first kappa shape index (κ1) is 17.3. The third kappa shape index (κ3) is 2.94. The summed E-state index contributed by atoms with van der Waals surface area (Å²) >= 11 is 0. The van der Waals surface area contributed by atoms with Crippen LogP contribution in [0.15, 0.2) is 47.3 Å². The minimum Gasteiger partial charge on any atom is -0.472 e. The minimum absolute atomic E-state index is 0.0792. The summed E-state index contributed by atoms with van der Waals surface area (Å²) in [4.78, 5) is 14.8. The third-order valence-electron chi connectivity index (χ3n) is 6.07. The molecule has 1 aromatic carbocycles. The molecular formula is C21H24FNO3. The normalized spacial score (nSPS) is 28.2. The van der Waals surface area contributed by atoms with Crippen molar-refractivity contribution in [3.63, 3.8) is 0 Å². The quantitative estimate of drug-likeness (QED) is 0.759. The van der Waals surface area contributed by atoms with E-state index in [1.807, 2.05) is 6.07 Å². The second-order valence-corrected chi connectivity index (χ2v) is 7.25. The fourth-order valence-corrected chi connectivity index (χ4v) is 4.91. The highest BCUT2D eigenvalue weighted by Crippen LogP contribution is 2.47. The maximum absolute atomic E-state index is 13.0. The molecule has 0 radical (unpaired) electrons. The number of fused-ring (bicyclic) bond motifs is 2. The number of carbonyl (C=O) groups is 1. The molecule has 2 aliphatic heterocycles. The molecule has 0 N–H and O–H groups in total. The Labute approximate surface area is 152 Å². The molecule has 2 bridgehead atoms. The van der Waals surface area contributed by atoms with Gasteiger partial charge in [0, 0.05) is 30.1 Å². The number of ether oxygens (including phenoxy) is 1. The molecule has 0 aliphatic carbocycles. The lowest BCUT2D eigenvalue weighted by Crippen LogP contribution is -2.51. The van der Waals surface area contributed by atoms with E-state index in [-0.39, 0.29) is 30.5 Å². The van der Waals surface area contributed by atoms with Crippen LogP contribution in [-0.4, -0.2) is 43.3 Å². The van der Waals surface area contributed by atoms with Gasteiger partial charge in [-0.15, -0.1) is 0 Å². The predicted octanol–water partition coefficient (Wildman–Crippen LogP) is 4.03. The van der Waals surface area contributed by atoms with Crippen molar-refractivity contribution in [1.29, 1.82) is 0 Å². The molecule has 2 saturated heterocycles. The fraction of sp³-hybridized carbons (Fsp3) is 0.476. The summed E-state index contributed by atoms with van der Waals surface area (Å²) in [7, 11) is 1.45. The van der Waals surface area contributed by atoms with Gasteiger partial charge < -0.3 is 9.15 Å². The summed E-state index contributed by atoms with van der Waals surface area (Å²) in [5, 5.41) is 0. The number of piperidine rings is 1. The Bertz CT molecular complexity index is 743. The molecule has 0 spiro atoms. The fourth-order valence-electron chi connectivity index (χ4n) is 4.91. The number of nitrogens with zero attached hydrogens (tertiary/aromatic N) is 1. The number of methoxy groups -OCH3 is 1. The average molecular weight is 356 g/mol. The molecule has 0 amide bonds. The zero-order chi connectivity index (χ0) is 18.1. The van der Waals surface area contributed by atoms with Crippen molar-refractivity contribution in [2.45, 2.75) is 37.3 Å². The molecule has 0 saturated carbocycles. The second kappa shape index (κ2) is 7.23. The lowest BCUT2D eigenvalue weighted by molar-refractivity contribution is -0.150. The maximum atomic E-state index is 13.0. The molecule has 5 heteroatoms. The van der Waals surface area contributed by atoms with Crippen LogP contribution in [0.1, 0.15) is 30.7 Å². The number of hydrogen-bond donors (Lipinski definition) is 0. The maximum Gasteiger partial charge on any atom is 0.310 e. The van der Waals surface area contributed by atoms with Crippen molar-refractivity contribution in [2.24, 2.45) is 5.92 Å². The highest BCUT2D eigenvalue weighted by atomic mass is 18.2. The SMILES string of the molecule is COC(=O)[C@H]1[C@@H](c2ccc(-c3ccoc3)cc2)C[C@@H]2CC[C@H]1N2CC[18F]. The van der Waals surface area contributed by atoms with Crippen LogP contribution in [0.4, 0.5) is 4.39 Å². The molecule has 2 aromatic rings.